The van der Waals surface area contributed by atoms with E-state index in [9.17, 15) is 14.4 Å². The number of unbranched alkanes of at least 4 members (excludes halogenated alkanes) is 32. The van der Waals surface area contributed by atoms with Crippen LogP contribution in [0.4, 0.5) is 0 Å². The van der Waals surface area contributed by atoms with Gasteiger partial charge in [0.25, 0.3) is 0 Å². The van der Waals surface area contributed by atoms with Gasteiger partial charge >= 0.3 is 17.9 Å². The van der Waals surface area contributed by atoms with Crippen LogP contribution in [0.1, 0.15) is 290 Å². The fourth-order valence-electron chi connectivity index (χ4n) is 8.03. The zero-order valence-electron chi connectivity index (χ0n) is 43.3. The van der Waals surface area contributed by atoms with E-state index >= 15 is 0 Å². The Hall–Kier alpha value is -2.63. The molecule has 0 N–H and O–H groups in total. The van der Waals surface area contributed by atoms with E-state index in [1.54, 1.807) is 0 Å². The minimum atomic E-state index is -0.780. The molecule has 65 heavy (non-hydrogen) atoms. The first kappa shape index (κ1) is 62.4. The van der Waals surface area contributed by atoms with Crippen LogP contribution in [0.15, 0.2) is 48.6 Å². The molecule has 6 nitrogen and oxygen atoms in total. The lowest BCUT2D eigenvalue weighted by atomic mass is 10.0. The van der Waals surface area contributed by atoms with Gasteiger partial charge in [-0.15, -0.1) is 0 Å². The summed E-state index contributed by atoms with van der Waals surface area (Å²) in [6.07, 6.45) is 65.2. The third kappa shape index (κ3) is 52.2. The molecular formula is C59H106O6. The van der Waals surface area contributed by atoms with Crippen LogP contribution in [0, 0.1) is 0 Å². The van der Waals surface area contributed by atoms with E-state index < -0.39 is 6.10 Å². The van der Waals surface area contributed by atoms with Crippen LogP contribution in [-0.2, 0) is 28.6 Å². The van der Waals surface area contributed by atoms with Crippen LogP contribution >= 0.6 is 0 Å². The van der Waals surface area contributed by atoms with Gasteiger partial charge < -0.3 is 14.2 Å². The van der Waals surface area contributed by atoms with Crippen molar-refractivity contribution < 1.29 is 28.6 Å². The zero-order chi connectivity index (χ0) is 47.2. The van der Waals surface area contributed by atoms with Crippen molar-refractivity contribution in [2.75, 3.05) is 13.2 Å². The molecule has 0 heterocycles. The van der Waals surface area contributed by atoms with Gasteiger partial charge in [-0.05, 0) is 83.5 Å². The maximum absolute atomic E-state index is 12.8. The number of rotatable bonds is 51. The molecule has 0 saturated heterocycles. The molecule has 0 aromatic rings. The van der Waals surface area contributed by atoms with Gasteiger partial charge in [0.05, 0.1) is 0 Å². The molecule has 0 unspecified atom stereocenters. The van der Waals surface area contributed by atoms with E-state index in [4.69, 9.17) is 14.2 Å². The van der Waals surface area contributed by atoms with E-state index in [-0.39, 0.29) is 31.1 Å². The van der Waals surface area contributed by atoms with E-state index in [1.165, 1.54) is 161 Å². The average molecular weight is 911 g/mol. The molecule has 0 aliphatic heterocycles. The Morgan fingerprint density at radius 3 is 0.908 bits per heavy atom. The molecule has 1 atom stereocenters. The van der Waals surface area contributed by atoms with Gasteiger partial charge in [-0.3, -0.25) is 14.4 Å². The standard InChI is InChI=1S/C59H106O6/c1-4-7-10-13-16-19-22-25-27-28-29-30-32-34-37-40-43-46-49-52-58(61)64-55-56(54-63-57(60)51-48-45-42-39-36-33-24-21-18-15-12-9-6-3)65-59(62)53-50-47-44-41-38-35-31-26-23-20-17-14-11-8-5-2/h16,19,25-27,29-31,56H,4-15,17-18,20-24,28,32-55H2,1-3H3/b19-16-,27-25-,30-29-,31-26-/t56-/m1/s1. The Morgan fingerprint density at radius 1 is 0.308 bits per heavy atom. The Labute approximate surface area is 403 Å². The van der Waals surface area contributed by atoms with Gasteiger partial charge in [-0.1, -0.05) is 236 Å². The van der Waals surface area contributed by atoms with Gasteiger partial charge in [0, 0.05) is 19.3 Å². The van der Waals surface area contributed by atoms with Crippen LogP contribution in [0.3, 0.4) is 0 Å². The Bertz CT molecular complexity index is 1140. The fraction of sp³-hybridized carbons (Fsp3) is 0.814. The van der Waals surface area contributed by atoms with Crippen molar-refractivity contribution in [1.29, 1.82) is 0 Å². The third-order valence-electron chi connectivity index (χ3n) is 12.3. The first-order chi connectivity index (χ1) is 32.0. The highest BCUT2D eigenvalue weighted by molar-refractivity contribution is 5.71. The second-order valence-corrected chi connectivity index (χ2v) is 18.8. The van der Waals surface area contributed by atoms with Crippen LogP contribution in [-0.4, -0.2) is 37.2 Å². The first-order valence-electron chi connectivity index (χ1n) is 28.1. The minimum Gasteiger partial charge on any atom is -0.462 e. The summed E-state index contributed by atoms with van der Waals surface area (Å²) in [6.45, 7) is 6.61. The summed E-state index contributed by atoms with van der Waals surface area (Å²) in [5.74, 6) is -0.887. The largest absolute Gasteiger partial charge is 0.462 e. The van der Waals surface area contributed by atoms with Crippen molar-refractivity contribution in [3.8, 4) is 0 Å². The molecular weight excluding hydrogens is 805 g/mol. The van der Waals surface area contributed by atoms with E-state index in [2.05, 4.69) is 69.4 Å². The Kier molecular flexibility index (Phi) is 51.8. The normalized spacial score (nSPS) is 12.4. The van der Waals surface area contributed by atoms with Crippen molar-refractivity contribution in [2.45, 2.75) is 297 Å². The molecule has 0 rings (SSSR count). The number of carbonyl (C=O) groups excluding carboxylic acids is 3. The Morgan fingerprint density at radius 2 is 0.554 bits per heavy atom. The van der Waals surface area contributed by atoms with E-state index in [0.29, 0.717) is 19.3 Å². The number of carbonyl (C=O) groups is 3. The predicted octanol–water partition coefficient (Wildman–Crippen LogP) is 18.7. The summed E-state index contributed by atoms with van der Waals surface area (Å²) < 4.78 is 16.8. The number of esters is 3. The molecule has 0 aromatic carbocycles. The summed E-state index contributed by atoms with van der Waals surface area (Å²) in [6, 6.07) is 0. The zero-order valence-corrected chi connectivity index (χ0v) is 43.3. The topological polar surface area (TPSA) is 78.9 Å². The highest BCUT2D eigenvalue weighted by atomic mass is 16.6. The number of allylic oxidation sites excluding steroid dienone is 8. The van der Waals surface area contributed by atoms with Gasteiger partial charge in [0.1, 0.15) is 13.2 Å². The number of hydrogen-bond donors (Lipinski definition) is 0. The molecule has 0 fully saturated rings. The highest BCUT2D eigenvalue weighted by Crippen LogP contribution is 2.15. The second-order valence-electron chi connectivity index (χ2n) is 18.8. The molecule has 0 aromatic heterocycles. The summed E-state index contributed by atoms with van der Waals surface area (Å²) in [4.78, 5) is 38.1. The summed E-state index contributed by atoms with van der Waals surface area (Å²) in [7, 11) is 0. The van der Waals surface area contributed by atoms with Gasteiger partial charge in [-0.2, -0.15) is 0 Å². The number of ether oxygens (including phenoxy) is 3. The molecule has 0 saturated carbocycles. The molecule has 0 aliphatic carbocycles. The Balaban J connectivity index is 4.38. The van der Waals surface area contributed by atoms with Crippen molar-refractivity contribution >= 4 is 17.9 Å². The summed E-state index contributed by atoms with van der Waals surface area (Å²) >= 11 is 0. The van der Waals surface area contributed by atoms with Crippen molar-refractivity contribution in [3.63, 3.8) is 0 Å². The monoisotopic (exact) mass is 911 g/mol. The second kappa shape index (κ2) is 54.0. The van der Waals surface area contributed by atoms with Crippen LogP contribution < -0.4 is 0 Å². The summed E-state index contributed by atoms with van der Waals surface area (Å²) in [5.41, 5.74) is 0. The maximum Gasteiger partial charge on any atom is 0.306 e. The quantitative estimate of drug-likeness (QED) is 0.0262. The van der Waals surface area contributed by atoms with Crippen LogP contribution in [0.5, 0.6) is 0 Å². The lowest BCUT2D eigenvalue weighted by Crippen LogP contribution is -2.30. The van der Waals surface area contributed by atoms with E-state index in [1.807, 2.05) is 0 Å². The molecule has 0 radical (unpaired) electrons. The van der Waals surface area contributed by atoms with Crippen molar-refractivity contribution in [3.05, 3.63) is 48.6 Å². The predicted molar refractivity (Wildman–Crippen MR) is 279 cm³/mol. The van der Waals surface area contributed by atoms with Gasteiger partial charge in [-0.25, -0.2) is 0 Å². The lowest BCUT2D eigenvalue weighted by Gasteiger charge is -2.18. The molecule has 0 aliphatic rings. The fourth-order valence-corrected chi connectivity index (χ4v) is 8.03. The molecule has 0 amide bonds. The van der Waals surface area contributed by atoms with Crippen molar-refractivity contribution in [2.24, 2.45) is 0 Å². The van der Waals surface area contributed by atoms with Gasteiger partial charge in [0.2, 0.25) is 0 Å². The van der Waals surface area contributed by atoms with E-state index in [0.717, 1.165) is 89.9 Å². The molecule has 0 spiro atoms. The van der Waals surface area contributed by atoms with Crippen LogP contribution in [0.25, 0.3) is 0 Å². The first-order valence-corrected chi connectivity index (χ1v) is 28.1. The molecule has 378 valence electrons. The van der Waals surface area contributed by atoms with Crippen molar-refractivity contribution in [1.82, 2.24) is 0 Å². The average Bonchev–Trinajstić information content (AvgIpc) is 3.30. The molecule has 0 bridgehead atoms. The number of hydrogen-bond acceptors (Lipinski definition) is 6. The van der Waals surface area contributed by atoms with Gasteiger partial charge in [0.15, 0.2) is 6.10 Å². The summed E-state index contributed by atoms with van der Waals surface area (Å²) in [5, 5.41) is 0. The smallest absolute Gasteiger partial charge is 0.306 e. The molecule has 6 heteroatoms. The highest BCUT2D eigenvalue weighted by Gasteiger charge is 2.19. The lowest BCUT2D eigenvalue weighted by molar-refractivity contribution is -0.167. The SMILES string of the molecule is CCCCC/C=C\C/C=C\C/C=C\CCCCCCCCC(=O)OC[C@@H](COC(=O)CCCCCCCCCCCCCCC)OC(=O)CCCCCCC/C=C\CCCCCCCC. The minimum absolute atomic E-state index is 0.0780. The third-order valence-corrected chi connectivity index (χ3v) is 12.3. The maximum atomic E-state index is 12.8. The van der Waals surface area contributed by atoms with Crippen LogP contribution in [0.2, 0.25) is 0 Å².